The Morgan fingerprint density at radius 2 is 1.94 bits per heavy atom. The molecule has 0 aliphatic carbocycles. The van der Waals surface area contributed by atoms with Crippen LogP contribution in [-0.4, -0.2) is 43.0 Å². The van der Waals surface area contributed by atoms with Crippen molar-refractivity contribution in [2.75, 3.05) is 27.2 Å². The van der Waals surface area contributed by atoms with Crippen molar-refractivity contribution in [2.45, 2.75) is 13.8 Å². The summed E-state index contributed by atoms with van der Waals surface area (Å²) in [6, 6.07) is 3.71. The van der Waals surface area contributed by atoms with Gasteiger partial charge in [-0.05, 0) is 33.0 Å². The third-order valence-corrected chi connectivity index (χ3v) is 2.50. The molecule has 0 aromatic carbocycles. The average molecular weight is 294 g/mol. The zero-order valence-electron chi connectivity index (χ0n) is 11.2. The maximum atomic E-state index is 12.0. The van der Waals surface area contributed by atoms with Crippen LogP contribution in [0.5, 0.6) is 0 Å². The van der Waals surface area contributed by atoms with Crippen LogP contribution in [0.3, 0.4) is 0 Å². The van der Waals surface area contributed by atoms with E-state index in [1.807, 2.05) is 33.0 Å². The number of rotatable bonds is 4. The topological polar surface area (TPSA) is 45.2 Å². The number of likely N-dealkylation sites (N-methyl/N-ethyl adjacent to an activating group) is 2. The Kier molecular flexibility index (Phi) is 9.90. The number of carbonyl (C=O) groups excluding carboxylic acids is 1. The van der Waals surface area contributed by atoms with Gasteiger partial charge in [0.1, 0.15) is 0 Å². The Hall–Kier alpha value is -0.840. The fourth-order valence-electron chi connectivity index (χ4n) is 1.50. The summed E-state index contributed by atoms with van der Waals surface area (Å²) >= 11 is 0. The predicted molar refractivity (Wildman–Crippen MR) is 79.1 cm³/mol. The molecule has 1 aromatic heterocycles. The normalized spacial score (nSPS) is 9.11. The lowest BCUT2D eigenvalue weighted by molar-refractivity contribution is 0.0795. The van der Waals surface area contributed by atoms with Crippen LogP contribution in [0.4, 0.5) is 0 Å². The van der Waals surface area contributed by atoms with Crippen LogP contribution < -0.4 is 5.32 Å². The number of amides is 1. The van der Waals surface area contributed by atoms with Gasteiger partial charge in [0.15, 0.2) is 0 Å². The number of nitrogens with one attached hydrogen (secondary N) is 1. The zero-order chi connectivity index (χ0) is 12.1. The number of pyridine rings is 1. The summed E-state index contributed by atoms with van der Waals surface area (Å²) in [5.41, 5.74) is 2.41. The lowest BCUT2D eigenvalue weighted by atomic mass is 10.1. The molecular weight excluding hydrogens is 273 g/mol. The Bertz CT molecular complexity index is 386. The highest BCUT2D eigenvalue weighted by Crippen LogP contribution is 2.08. The molecule has 0 spiro atoms. The first kappa shape index (κ1) is 19.5. The highest BCUT2D eigenvalue weighted by atomic mass is 35.5. The standard InChI is InChI=1S/C12H19N3O.2ClH/c1-9-5-6-11(10(2)14-9)12(16)15(4)8-7-13-3;;/h5-6,13H,7-8H2,1-4H3;2*1H. The molecule has 0 saturated heterocycles. The molecule has 1 heterocycles. The van der Waals surface area contributed by atoms with Gasteiger partial charge in [-0.3, -0.25) is 9.78 Å². The maximum absolute atomic E-state index is 12.0. The van der Waals surface area contributed by atoms with Crippen LogP contribution in [0.25, 0.3) is 0 Å². The Labute approximate surface area is 121 Å². The summed E-state index contributed by atoms with van der Waals surface area (Å²) in [7, 11) is 3.68. The van der Waals surface area contributed by atoms with Gasteiger partial charge in [-0.1, -0.05) is 0 Å². The van der Waals surface area contributed by atoms with Crippen molar-refractivity contribution in [1.82, 2.24) is 15.2 Å². The molecule has 1 N–H and O–H groups in total. The number of hydrogen-bond donors (Lipinski definition) is 1. The minimum atomic E-state index is 0. The third-order valence-electron chi connectivity index (χ3n) is 2.50. The van der Waals surface area contributed by atoms with Crippen molar-refractivity contribution in [3.05, 3.63) is 29.1 Å². The van der Waals surface area contributed by atoms with Crippen molar-refractivity contribution in [3.8, 4) is 0 Å². The lowest BCUT2D eigenvalue weighted by Crippen LogP contribution is -2.33. The first-order valence-electron chi connectivity index (χ1n) is 5.40. The van der Waals surface area contributed by atoms with Crippen molar-refractivity contribution in [2.24, 2.45) is 0 Å². The largest absolute Gasteiger partial charge is 0.340 e. The monoisotopic (exact) mass is 293 g/mol. The summed E-state index contributed by atoms with van der Waals surface area (Å²) in [5, 5.41) is 3.02. The summed E-state index contributed by atoms with van der Waals surface area (Å²) in [6.07, 6.45) is 0. The summed E-state index contributed by atoms with van der Waals surface area (Å²) < 4.78 is 0. The fourth-order valence-corrected chi connectivity index (χ4v) is 1.50. The van der Waals surface area contributed by atoms with Crippen LogP contribution in [-0.2, 0) is 0 Å². The molecule has 4 nitrogen and oxygen atoms in total. The molecule has 0 unspecified atom stereocenters. The van der Waals surface area contributed by atoms with E-state index in [-0.39, 0.29) is 30.7 Å². The molecule has 18 heavy (non-hydrogen) atoms. The molecule has 1 rings (SSSR count). The Morgan fingerprint density at radius 3 is 2.44 bits per heavy atom. The van der Waals surface area contributed by atoms with E-state index in [2.05, 4.69) is 10.3 Å². The summed E-state index contributed by atoms with van der Waals surface area (Å²) in [6.45, 7) is 5.28. The number of carbonyl (C=O) groups is 1. The summed E-state index contributed by atoms with van der Waals surface area (Å²) in [4.78, 5) is 18.0. The van der Waals surface area contributed by atoms with Crippen LogP contribution in [0.2, 0.25) is 0 Å². The van der Waals surface area contributed by atoms with E-state index in [1.165, 1.54) is 0 Å². The molecule has 1 aromatic rings. The van der Waals surface area contributed by atoms with E-state index in [0.29, 0.717) is 12.1 Å². The molecule has 0 aliphatic heterocycles. The van der Waals surface area contributed by atoms with Gasteiger partial charge >= 0.3 is 0 Å². The molecule has 0 bridgehead atoms. The Morgan fingerprint density at radius 1 is 1.33 bits per heavy atom. The van der Waals surface area contributed by atoms with Gasteiger partial charge in [-0.2, -0.15) is 0 Å². The molecule has 0 fully saturated rings. The van der Waals surface area contributed by atoms with E-state index in [4.69, 9.17) is 0 Å². The minimum absolute atomic E-state index is 0. The molecule has 0 radical (unpaired) electrons. The SMILES string of the molecule is CNCCN(C)C(=O)c1ccc(C)nc1C.Cl.Cl. The lowest BCUT2D eigenvalue weighted by Gasteiger charge is -2.17. The van der Waals surface area contributed by atoms with E-state index in [9.17, 15) is 4.79 Å². The first-order chi connectivity index (χ1) is 7.56. The van der Waals surface area contributed by atoms with Crippen molar-refractivity contribution >= 4 is 30.7 Å². The number of halogens is 2. The number of hydrogen-bond acceptors (Lipinski definition) is 3. The summed E-state index contributed by atoms with van der Waals surface area (Å²) in [5.74, 6) is 0.0280. The van der Waals surface area contributed by atoms with Gasteiger partial charge in [0.2, 0.25) is 0 Å². The van der Waals surface area contributed by atoms with Crippen LogP contribution in [0.1, 0.15) is 21.7 Å². The highest BCUT2D eigenvalue weighted by Gasteiger charge is 2.14. The van der Waals surface area contributed by atoms with E-state index in [1.54, 1.807) is 11.9 Å². The van der Waals surface area contributed by atoms with Gasteiger partial charge in [-0.25, -0.2) is 0 Å². The van der Waals surface area contributed by atoms with Gasteiger partial charge in [0.25, 0.3) is 5.91 Å². The molecular formula is C12H21Cl2N3O. The van der Waals surface area contributed by atoms with E-state index < -0.39 is 0 Å². The predicted octanol–water partition coefficient (Wildman–Crippen LogP) is 1.83. The number of aromatic nitrogens is 1. The molecule has 104 valence electrons. The second-order valence-electron chi connectivity index (χ2n) is 3.92. The molecule has 6 heteroatoms. The van der Waals surface area contributed by atoms with Crippen LogP contribution in [0, 0.1) is 13.8 Å². The highest BCUT2D eigenvalue weighted by molar-refractivity contribution is 5.95. The number of aryl methyl sites for hydroxylation is 2. The quantitative estimate of drug-likeness (QED) is 0.921. The average Bonchev–Trinajstić information content (AvgIpc) is 2.25. The molecule has 0 saturated carbocycles. The van der Waals surface area contributed by atoms with Crippen LogP contribution >= 0.6 is 24.8 Å². The van der Waals surface area contributed by atoms with E-state index in [0.717, 1.165) is 17.9 Å². The van der Waals surface area contributed by atoms with Crippen molar-refractivity contribution < 1.29 is 4.79 Å². The molecule has 0 aliphatic rings. The zero-order valence-corrected chi connectivity index (χ0v) is 12.8. The van der Waals surface area contributed by atoms with E-state index >= 15 is 0 Å². The maximum Gasteiger partial charge on any atom is 0.255 e. The second-order valence-corrected chi connectivity index (χ2v) is 3.92. The van der Waals surface area contributed by atoms with Crippen LogP contribution in [0.15, 0.2) is 12.1 Å². The molecule has 1 amide bonds. The second kappa shape index (κ2) is 9.14. The first-order valence-corrected chi connectivity index (χ1v) is 5.40. The Balaban J connectivity index is 0. The van der Waals surface area contributed by atoms with Gasteiger partial charge < -0.3 is 10.2 Å². The minimum Gasteiger partial charge on any atom is -0.340 e. The smallest absolute Gasteiger partial charge is 0.255 e. The van der Waals surface area contributed by atoms with Crippen molar-refractivity contribution in [1.29, 1.82) is 0 Å². The molecule has 0 atom stereocenters. The van der Waals surface area contributed by atoms with Gasteiger partial charge in [-0.15, -0.1) is 24.8 Å². The third kappa shape index (κ3) is 5.21. The van der Waals surface area contributed by atoms with Gasteiger partial charge in [0.05, 0.1) is 11.3 Å². The fraction of sp³-hybridized carbons (Fsp3) is 0.500. The van der Waals surface area contributed by atoms with Gasteiger partial charge in [0, 0.05) is 25.8 Å². The van der Waals surface area contributed by atoms with Crippen molar-refractivity contribution in [3.63, 3.8) is 0 Å². The number of nitrogens with zero attached hydrogens (tertiary/aromatic N) is 2.